The molecule has 0 amide bonds. The van der Waals surface area contributed by atoms with Crippen LogP contribution in [-0.2, 0) is 0 Å². The highest BCUT2D eigenvalue weighted by atomic mass is 35.5. The zero-order valence-corrected chi connectivity index (χ0v) is 10.3. The topological polar surface area (TPSA) is 23.8 Å². The van der Waals surface area contributed by atoms with Crippen molar-refractivity contribution in [3.05, 3.63) is 39.1 Å². The smallest absolute Gasteiger partial charge is 0.101 e. The first-order chi connectivity index (χ1) is 7.31. The molecule has 0 aromatic heterocycles. The third-order valence-electron chi connectivity index (χ3n) is 2.00. The standard InChI is InChI=1S/C11H8ClNS2/c12-9-3-1-8(2-4-9)10(7-13)11-14-5-6-15-11/h1-4H,5-6H2. The molecule has 0 N–H and O–H groups in total. The van der Waals surface area contributed by atoms with E-state index >= 15 is 0 Å². The molecule has 1 aromatic rings. The van der Waals surface area contributed by atoms with E-state index in [0.717, 1.165) is 26.9 Å². The minimum atomic E-state index is 0.702. The normalized spacial score (nSPS) is 15.1. The second-order valence-corrected chi connectivity index (χ2v) is 5.88. The molecule has 1 aliphatic heterocycles. The van der Waals surface area contributed by atoms with Crippen molar-refractivity contribution in [3.8, 4) is 6.07 Å². The lowest BCUT2D eigenvalue weighted by Crippen LogP contribution is -1.82. The Morgan fingerprint density at radius 1 is 1.20 bits per heavy atom. The molecule has 76 valence electrons. The Morgan fingerprint density at radius 2 is 1.80 bits per heavy atom. The van der Waals surface area contributed by atoms with E-state index in [9.17, 15) is 0 Å². The van der Waals surface area contributed by atoms with Crippen molar-refractivity contribution in [2.24, 2.45) is 0 Å². The average molecular weight is 254 g/mol. The molecule has 0 saturated carbocycles. The number of nitrogens with zero attached hydrogens (tertiary/aromatic N) is 1. The molecule has 4 heteroatoms. The van der Waals surface area contributed by atoms with Crippen LogP contribution in [0.2, 0.25) is 5.02 Å². The fourth-order valence-corrected chi connectivity index (χ4v) is 3.91. The predicted octanol–water partition coefficient (Wildman–Crippen LogP) is 4.01. The van der Waals surface area contributed by atoms with Crippen molar-refractivity contribution in [2.75, 3.05) is 11.5 Å². The van der Waals surface area contributed by atoms with Crippen LogP contribution < -0.4 is 0 Å². The predicted molar refractivity (Wildman–Crippen MR) is 68.9 cm³/mol. The number of hydrogen-bond acceptors (Lipinski definition) is 3. The summed E-state index contributed by atoms with van der Waals surface area (Å²) in [4.78, 5) is 0. The van der Waals surface area contributed by atoms with Crippen LogP contribution >= 0.6 is 35.1 Å². The molecular weight excluding hydrogens is 246 g/mol. The lowest BCUT2D eigenvalue weighted by atomic mass is 10.1. The summed E-state index contributed by atoms with van der Waals surface area (Å²) in [6, 6.07) is 9.70. The molecule has 0 radical (unpaired) electrons. The second kappa shape index (κ2) is 4.98. The van der Waals surface area contributed by atoms with Crippen molar-refractivity contribution in [2.45, 2.75) is 0 Å². The Kier molecular flexibility index (Phi) is 3.63. The maximum absolute atomic E-state index is 9.14. The number of allylic oxidation sites excluding steroid dienone is 1. The Labute approximate surface area is 103 Å². The summed E-state index contributed by atoms with van der Waals surface area (Å²) in [7, 11) is 0. The van der Waals surface area contributed by atoms with Gasteiger partial charge in [-0.1, -0.05) is 23.7 Å². The molecule has 0 unspecified atom stereocenters. The maximum atomic E-state index is 9.14. The van der Waals surface area contributed by atoms with E-state index in [0.29, 0.717) is 5.02 Å². The van der Waals surface area contributed by atoms with Gasteiger partial charge in [0.15, 0.2) is 0 Å². The fraction of sp³-hybridized carbons (Fsp3) is 0.182. The van der Waals surface area contributed by atoms with Crippen LogP contribution in [0.4, 0.5) is 0 Å². The fourth-order valence-electron chi connectivity index (χ4n) is 1.30. The van der Waals surface area contributed by atoms with Gasteiger partial charge in [-0.05, 0) is 17.7 Å². The van der Waals surface area contributed by atoms with Gasteiger partial charge in [0.2, 0.25) is 0 Å². The zero-order valence-electron chi connectivity index (χ0n) is 7.87. The Morgan fingerprint density at radius 3 is 2.33 bits per heavy atom. The first kappa shape index (κ1) is 10.9. The number of nitriles is 1. The van der Waals surface area contributed by atoms with Crippen molar-refractivity contribution >= 4 is 40.7 Å². The number of hydrogen-bond donors (Lipinski definition) is 0. The molecule has 0 bridgehead atoms. The highest BCUT2D eigenvalue weighted by molar-refractivity contribution is 8.25. The van der Waals surface area contributed by atoms with Crippen LogP contribution in [0.15, 0.2) is 28.5 Å². The van der Waals surface area contributed by atoms with Gasteiger partial charge in [-0.3, -0.25) is 0 Å². The van der Waals surface area contributed by atoms with Gasteiger partial charge in [0, 0.05) is 16.5 Å². The van der Waals surface area contributed by atoms with Crippen LogP contribution in [0.25, 0.3) is 5.57 Å². The third-order valence-corrected chi connectivity index (χ3v) is 4.97. The molecule has 1 fully saturated rings. The lowest BCUT2D eigenvalue weighted by Gasteiger charge is -2.02. The van der Waals surface area contributed by atoms with Gasteiger partial charge in [-0.2, -0.15) is 5.26 Å². The summed E-state index contributed by atoms with van der Waals surface area (Å²) in [6.45, 7) is 0. The van der Waals surface area contributed by atoms with Crippen molar-refractivity contribution in [1.82, 2.24) is 0 Å². The quantitative estimate of drug-likeness (QED) is 0.707. The molecule has 2 rings (SSSR count). The maximum Gasteiger partial charge on any atom is 0.101 e. The van der Waals surface area contributed by atoms with Crippen LogP contribution in [-0.4, -0.2) is 11.5 Å². The van der Waals surface area contributed by atoms with Gasteiger partial charge < -0.3 is 0 Å². The monoisotopic (exact) mass is 253 g/mol. The van der Waals surface area contributed by atoms with Gasteiger partial charge in [0.25, 0.3) is 0 Å². The summed E-state index contributed by atoms with van der Waals surface area (Å²) < 4.78 is 1.14. The molecule has 1 saturated heterocycles. The summed E-state index contributed by atoms with van der Waals surface area (Å²) in [5.74, 6) is 2.19. The Balaban J connectivity index is 2.39. The molecule has 1 nitrogen and oxygen atoms in total. The highest BCUT2D eigenvalue weighted by Gasteiger charge is 2.15. The molecule has 0 atom stereocenters. The average Bonchev–Trinajstić information content (AvgIpc) is 2.75. The number of benzene rings is 1. The van der Waals surface area contributed by atoms with Gasteiger partial charge >= 0.3 is 0 Å². The van der Waals surface area contributed by atoms with Crippen molar-refractivity contribution in [3.63, 3.8) is 0 Å². The van der Waals surface area contributed by atoms with E-state index in [1.54, 1.807) is 23.5 Å². The van der Waals surface area contributed by atoms with Crippen molar-refractivity contribution in [1.29, 1.82) is 5.26 Å². The van der Waals surface area contributed by atoms with Gasteiger partial charge in [-0.25, -0.2) is 0 Å². The van der Waals surface area contributed by atoms with E-state index in [4.69, 9.17) is 16.9 Å². The van der Waals surface area contributed by atoms with E-state index < -0.39 is 0 Å². The Hall–Kier alpha value is -0.560. The largest absolute Gasteiger partial charge is 0.192 e. The number of rotatable bonds is 1. The molecule has 1 aromatic carbocycles. The van der Waals surface area contributed by atoms with E-state index in [-0.39, 0.29) is 0 Å². The summed E-state index contributed by atoms with van der Waals surface area (Å²) in [6.07, 6.45) is 0. The first-order valence-electron chi connectivity index (χ1n) is 4.47. The lowest BCUT2D eigenvalue weighted by molar-refractivity contribution is 1.52. The SMILES string of the molecule is N#CC(=C1SCCS1)c1ccc(Cl)cc1. The number of halogens is 1. The molecule has 0 aliphatic carbocycles. The first-order valence-corrected chi connectivity index (χ1v) is 6.82. The van der Waals surface area contributed by atoms with E-state index in [2.05, 4.69) is 6.07 Å². The molecule has 0 spiro atoms. The van der Waals surface area contributed by atoms with E-state index in [1.807, 2.05) is 24.3 Å². The summed E-state index contributed by atoms with van der Waals surface area (Å²) in [5.41, 5.74) is 1.73. The van der Waals surface area contributed by atoms with Crippen LogP contribution in [0.3, 0.4) is 0 Å². The van der Waals surface area contributed by atoms with Gasteiger partial charge in [-0.15, -0.1) is 23.5 Å². The van der Waals surface area contributed by atoms with Gasteiger partial charge in [0.1, 0.15) is 6.07 Å². The molecular formula is C11H8ClNS2. The molecule has 1 heterocycles. The van der Waals surface area contributed by atoms with Crippen LogP contribution in [0, 0.1) is 11.3 Å². The van der Waals surface area contributed by atoms with Crippen LogP contribution in [0.1, 0.15) is 5.56 Å². The molecule has 1 aliphatic rings. The van der Waals surface area contributed by atoms with E-state index in [1.165, 1.54) is 0 Å². The minimum Gasteiger partial charge on any atom is -0.192 e. The second-order valence-electron chi connectivity index (χ2n) is 2.98. The summed E-state index contributed by atoms with van der Waals surface area (Å²) in [5, 5.41) is 9.84. The zero-order chi connectivity index (χ0) is 10.7. The molecule has 15 heavy (non-hydrogen) atoms. The third kappa shape index (κ3) is 2.52. The summed E-state index contributed by atoms with van der Waals surface area (Å²) >= 11 is 9.33. The number of thioether (sulfide) groups is 2. The highest BCUT2D eigenvalue weighted by Crippen LogP contribution is 2.41. The Bertz CT molecular complexity index is 423. The van der Waals surface area contributed by atoms with Crippen LogP contribution in [0.5, 0.6) is 0 Å². The van der Waals surface area contributed by atoms with Gasteiger partial charge in [0.05, 0.1) is 9.81 Å². The minimum absolute atomic E-state index is 0.702. The van der Waals surface area contributed by atoms with Crippen molar-refractivity contribution < 1.29 is 0 Å².